The highest BCUT2D eigenvalue weighted by molar-refractivity contribution is 8.77. The maximum absolute atomic E-state index is 5.72. The van der Waals surface area contributed by atoms with Crippen molar-refractivity contribution >= 4 is 33.2 Å². The summed E-state index contributed by atoms with van der Waals surface area (Å²) in [6.07, 6.45) is 1.17. The second-order valence-corrected chi connectivity index (χ2v) is 5.88. The van der Waals surface area contributed by atoms with Crippen molar-refractivity contribution in [2.45, 2.75) is 37.7 Å². The highest BCUT2D eigenvalue weighted by atomic mass is 35.5. The number of hydrogen-bond acceptors (Lipinski definition) is 2. The monoisotopic (exact) mass is 198 g/mol. The fraction of sp³-hybridized carbons (Fsp3) is 1.00. The first kappa shape index (κ1) is 11.0. The molecule has 0 N–H and O–H groups in total. The summed E-state index contributed by atoms with van der Waals surface area (Å²) in [6, 6.07) is 0. The Balaban J connectivity index is 3.26. The SMILES string of the molecule is CC[C@H](CCl)SSC(C)C. The second kappa shape index (κ2) is 6.68. The lowest BCUT2D eigenvalue weighted by Crippen LogP contribution is -2.00. The maximum atomic E-state index is 5.72. The molecule has 0 unspecified atom stereocenters. The van der Waals surface area contributed by atoms with Crippen molar-refractivity contribution in [3.63, 3.8) is 0 Å². The number of alkyl halides is 1. The quantitative estimate of drug-likeness (QED) is 0.487. The first-order valence-electron chi connectivity index (χ1n) is 3.58. The summed E-state index contributed by atoms with van der Waals surface area (Å²) >= 11 is 5.72. The van der Waals surface area contributed by atoms with Crippen molar-refractivity contribution in [3.05, 3.63) is 0 Å². The fourth-order valence-corrected chi connectivity index (χ4v) is 3.34. The predicted octanol–water partition coefficient (Wildman–Crippen LogP) is 3.79. The van der Waals surface area contributed by atoms with Crippen LogP contribution in [0, 0.1) is 0 Å². The molecule has 0 saturated carbocycles. The minimum absolute atomic E-state index is 0.633. The smallest absolute Gasteiger partial charge is 0.0350 e. The zero-order valence-corrected chi connectivity index (χ0v) is 9.15. The van der Waals surface area contributed by atoms with Crippen molar-refractivity contribution in [2.24, 2.45) is 0 Å². The summed E-state index contributed by atoms with van der Waals surface area (Å²) in [5.74, 6) is 0.779. The molecule has 0 aliphatic heterocycles. The third-order valence-electron chi connectivity index (χ3n) is 1.01. The molecule has 1 atom stereocenters. The molecular formula is C7H15ClS2. The van der Waals surface area contributed by atoms with Gasteiger partial charge in [-0.1, -0.05) is 42.4 Å². The van der Waals surface area contributed by atoms with Gasteiger partial charge in [-0.05, 0) is 6.42 Å². The van der Waals surface area contributed by atoms with E-state index in [0.717, 1.165) is 5.88 Å². The van der Waals surface area contributed by atoms with Crippen molar-refractivity contribution in [1.82, 2.24) is 0 Å². The molecule has 0 spiro atoms. The highest BCUT2D eigenvalue weighted by Crippen LogP contribution is 2.32. The van der Waals surface area contributed by atoms with E-state index < -0.39 is 0 Å². The van der Waals surface area contributed by atoms with Gasteiger partial charge in [0, 0.05) is 16.4 Å². The zero-order valence-electron chi connectivity index (χ0n) is 6.76. The molecule has 10 heavy (non-hydrogen) atoms. The van der Waals surface area contributed by atoms with E-state index in [9.17, 15) is 0 Å². The first-order valence-corrected chi connectivity index (χ1v) is 6.39. The van der Waals surface area contributed by atoms with Crippen LogP contribution in [-0.4, -0.2) is 16.4 Å². The second-order valence-electron chi connectivity index (χ2n) is 2.43. The maximum Gasteiger partial charge on any atom is 0.0350 e. The van der Waals surface area contributed by atoms with Gasteiger partial charge in [0.25, 0.3) is 0 Å². The van der Waals surface area contributed by atoms with Gasteiger partial charge in [-0.25, -0.2) is 0 Å². The van der Waals surface area contributed by atoms with E-state index in [1.165, 1.54) is 6.42 Å². The highest BCUT2D eigenvalue weighted by Gasteiger charge is 2.05. The summed E-state index contributed by atoms with van der Waals surface area (Å²) in [4.78, 5) is 0. The molecule has 0 aliphatic rings. The molecule has 0 heterocycles. The Hall–Kier alpha value is 0.990. The molecule has 0 fully saturated rings. The van der Waals surface area contributed by atoms with E-state index in [0.29, 0.717) is 10.5 Å². The van der Waals surface area contributed by atoms with E-state index >= 15 is 0 Å². The van der Waals surface area contributed by atoms with Gasteiger partial charge < -0.3 is 0 Å². The lowest BCUT2D eigenvalue weighted by Gasteiger charge is -2.10. The normalized spacial score (nSPS) is 14.1. The lowest BCUT2D eigenvalue weighted by molar-refractivity contribution is 0.918. The van der Waals surface area contributed by atoms with Crippen molar-refractivity contribution in [3.8, 4) is 0 Å². The van der Waals surface area contributed by atoms with Gasteiger partial charge in [-0.2, -0.15) is 0 Å². The number of halogens is 1. The van der Waals surface area contributed by atoms with E-state index in [4.69, 9.17) is 11.6 Å². The van der Waals surface area contributed by atoms with Crippen LogP contribution in [-0.2, 0) is 0 Å². The van der Waals surface area contributed by atoms with Crippen LogP contribution in [0.1, 0.15) is 27.2 Å². The van der Waals surface area contributed by atoms with Crippen LogP contribution in [0.4, 0.5) is 0 Å². The van der Waals surface area contributed by atoms with E-state index in [2.05, 4.69) is 20.8 Å². The van der Waals surface area contributed by atoms with E-state index in [1.807, 2.05) is 21.6 Å². The Morgan fingerprint density at radius 1 is 1.30 bits per heavy atom. The average molecular weight is 199 g/mol. The van der Waals surface area contributed by atoms with E-state index in [1.54, 1.807) is 0 Å². The van der Waals surface area contributed by atoms with Crippen LogP contribution in [0.15, 0.2) is 0 Å². The summed E-state index contributed by atoms with van der Waals surface area (Å²) in [5, 5.41) is 1.34. The summed E-state index contributed by atoms with van der Waals surface area (Å²) in [7, 11) is 3.84. The Kier molecular flexibility index (Phi) is 7.35. The molecule has 0 nitrogen and oxygen atoms in total. The van der Waals surface area contributed by atoms with Crippen LogP contribution < -0.4 is 0 Å². The van der Waals surface area contributed by atoms with Gasteiger partial charge in [0.1, 0.15) is 0 Å². The van der Waals surface area contributed by atoms with Gasteiger partial charge in [0.05, 0.1) is 0 Å². The topological polar surface area (TPSA) is 0 Å². The molecule has 0 aliphatic carbocycles. The molecule has 0 saturated heterocycles. The third-order valence-corrected chi connectivity index (χ3v) is 5.14. The van der Waals surface area contributed by atoms with Crippen LogP contribution >= 0.6 is 33.2 Å². The van der Waals surface area contributed by atoms with Crippen LogP contribution in [0.5, 0.6) is 0 Å². The molecule has 3 heteroatoms. The molecule has 0 amide bonds. The summed E-state index contributed by atoms with van der Waals surface area (Å²) in [5.41, 5.74) is 0. The minimum atomic E-state index is 0.633. The van der Waals surface area contributed by atoms with Crippen molar-refractivity contribution in [1.29, 1.82) is 0 Å². The van der Waals surface area contributed by atoms with Gasteiger partial charge in [-0.15, -0.1) is 11.6 Å². The molecule has 0 aromatic carbocycles. The first-order chi connectivity index (χ1) is 4.70. The minimum Gasteiger partial charge on any atom is -0.125 e. The molecule has 0 radical (unpaired) electrons. The Morgan fingerprint density at radius 3 is 2.20 bits per heavy atom. The molecule has 62 valence electrons. The Bertz CT molecular complexity index is 72.0. The Labute approximate surface area is 76.9 Å². The van der Waals surface area contributed by atoms with Crippen LogP contribution in [0.2, 0.25) is 0 Å². The third kappa shape index (κ3) is 5.75. The molecule has 0 rings (SSSR count). The summed E-state index contributed by atoms with van der Waals surface area (Å²) in [6.45, 7) is 6.60. The lowest BCUT2D eigenvalue weighted by atomic mass is 10.4. The zero-order chi connectivity index (χ0) is 7.98. The van der Waals surface area contributed by atoms with Crippen molar-refractivity contribution in [2.75, 3.05) is 5.88 Å². The largest absolute Gasteiger partial charge is 0.125 e. The number of hydrogen-bond donors (Lipinski definition) is 0. The van der Waals surface area contributed by atoms with Gasteiger partial charge in [-0.3, -0.25) is 0 Å². The standard InChI is InChI=1S/C7H15ClS2/c1-4-7(5-8)10-9-6(2)3/h6-7H,4-5H2,1-3H3/t7-/m1/s1. The van der Waals surface area contributed by atoms with Crippen molar-refractivity contribution < 1.29 is 0 Å². The predicted molar refractivity (Wildman–Crippen MR) is 55.1 cm³/mol. The van der Waals surface area contributed by atoms with Crippen LogP contribution in [0.3, 0.4) is 0 Å². The molecular weight excluding hydrogens is 184 g/mol. The van der Waals surface area contributed by atoms with Gasteiger partial charge in [0.15, 0.2) is 0 Å². The summed E-state index contributed by atoms with van der Waals surface area (Å²) < 4.78 is 0. The molecule has 0 bridgehead atoms. The molecule has 0 aromatic rings. The molecule has 0 aromatic heterocycles. The van der Waals surface area contributed by atoms with Gasteiger partial charge >= 0.3 is 0 Å². The average Bonchev–Trinajstić information content (AvgIpc) is 1.90. The number of rotatable bonds is 5. The Morgan fingerprint density at radius 2 is 1.90 bits per heavy atom. The van der Waals surface area contributed by atoms with E-state index in [-0.39, 0.29) is 0 Å². The van der Waals surface area contributed by atoms with Crippen LogP contribution in [0.25, 0.3) is 0 Å². The van der Waals surface area contributed by atoms with Gasteiger partial charge in [0.2, 0.25) is 0 Å². The fourth-order valence-electron chi connectivity index (χ4n) is 0.393.